The zero-order valence-electron chi connectivity index (χ0n) is 14.9. The molecule has 0 atom stereocenters. The van der Waals surface area contributed by atoms with Crippen molar-refractivity contribution < 1.29 is 26.8 Å². The molecular weight excluding hydrogens is 379 g/mol. The molecule has 1 aliphatic carbocycles. The second kappa shape index (κ2) is 18.4. The van der Waals surface area contributed by atoms with E-state index in [0.29, 0.717) is 5.75 Å². The summed E-state index contributed by atoms with van der Waals surface area (Å²) in [6.45, 7) is 8.42. The first-order valence-electron chi connectivity index (χ1n) is 5.92. The fourth-order valence-electron chi connectivity index (χ4n) is 1.54. The molecule has 2 rings (SSSR count). The number of phenolic OH excluding ortho intramolecular Hbond substituents is 1. The average molecular weight is 408 g/mol. The van der Waals surface area contributed by atoms with Gasteiger partial charge in [0.2, 0.25) is 0 Å². The first kappa shape index (κ1) is 38.5. The van der Waals surface area contributed by atoms with E-state index in [1.165, 1.54) is 5.56 Å². The Morgan fingerprint density at radius 3 is 1.83 bits per heavy atom. The number of phenols is 1. The standard InChI is InChI=1S/C11H16O.C5H5.2CH3.2ClH.Si.Ti/c1-8-5-9(11(2,3)4)7-10(12)6-8;1-2-4-5-3-1;;;;;;/h5-7,12H,1-4H3;1-3H,4H2;2*1H3;2*1H;;/q;3*-1;;;;+3. The number of hydrogen-bond acceptors (Lipinski definition) is 1. The van der Waals surface area contributed by atoms with Crippen molar-refractivity contribution in [3.63, 3.8) is 0 Å². The van der Waals surface area contributed by atoms with E-state index in [2.05, 4.69) is 39.0 Å². The van der Waals surface area contributed by atoms with Gasteiger partial charge in [0, 0.05) is 11.0 Å². The molecule has 0 bridgehead atoms. The third-order valence-corrected chi connectivity index (χ3v) is 2.51. The Kier molecular flexibility index (Phi) is 30.7. The Bertz CT molecular complexity index is 411. The number of allylic oxidation sites excluding steroid dienone is 4. The third kappa shape index (κ3) is 16.6. The van der Waals surface area contributed by atoms with Crippen LogP contribution in [0.25, 0.3) is 0 Å². The van der Waals surface area contributed by atoms with Crippen LogP contribution in [0.4, 0.5) is 0 Å². The minimum absolute atomic E-state index is 0. The summed E-state index contributed by atoms with van der Waals surface area (Å²) in [7, 11) is 0. The van der Waals surface area contributed by atoms with E-state index in [0.717, 1.165) is 12.0 Å². The number of benzene rings is 1. The summed E-state index contributed by atoms with van der Waals surface area (Å²) >= 11 is 0. The molecule has 129 valence electrons. The quantitative estimate of drug-likeness (QED) is 0.434. The van der Waals surface area contributed by atoms with Gasteiger partial charge in [0.15, 0.2) is 0 Å². The summed E-state index contributed by atoms with van der Waals surface area (Å²) in [4.78, 5) is 0. The first-order chi connectivity index (χ1) is 7.89. The molecule has 0 fully saturated rings. The van der Waals surface area contributed by atoms with Crippen molar-refractivity contribution in [1.29, 1.82) is 0 Å². The van der Waals surface area contributed by atoms with E-state index in [4.69, 9.17) is 0 Å². The normalized spacial score (nSPS) is 9.91. The third-order valence-electron chi connectivity index (χ3n) is 2.51. The fraction of sp³-hybridized carbons (Fsp3) is 0.333. The van der Waals surface area contributed by atoms with Crippen molar-refractivity contribution in [1.82, 2.24) is 0 Å². The molecule has 0 aliphatic heterocycles. The van der Waals surface area contributed by atoms with Crippen LogP contribution in [0.2, 0.25) is 0 Å². The van der Waals surface area contributed by atoms with Gasteiger partial charge in [-0.2, -0.15) is 6.08 Å². The molecule has 1 N–H and O–H groups in total. The van der Waals surface area contributed by atoms with Crippen LogP contribution in [0.15, 0.2) is 36.4 Å². The van der Waals surface area contributed by atoms with Crippen LogP contribution in [0, 0.1) is 27.9 Å². The van der Waals surface area contributed by atoms with Gasteiger partial charge in [-0.25, -0.2) is 12.2 Å². The molecule has 0 saturated heterocycles. The molecule has 0 spiro atoms. The van der Waals surface area contributed by atoms with Gasteiger partial charge in [-0.15, -0.1) is 31.2 Å². The second-order valence-electron chi connectivity index (χ2n) is 5.31. The zero-order valence-corrected chi connectivity index (χ0v) is 19.1. The van der Waals surface area contributed by atoms with Crippen molar-refractivity contribution in [2.24, 2.45) is 0 Å². The van der Waals surface area contributed by atoms with Gasteiger partial charge in [-0.3, -0.25) is 6.08 Å². The van der Waals surface area contributed by atoms with Crippen LogP contribution in [0.3, 0.4) is 0 Å². The van der Waals surface area contributed by atoms with Gasteiger partial charge in [-0.1, -0.05) is 26.8 Å². The molecule has 0 unspecified atom stereocenters. The van der Waals surface area contributed by atoms with E-state index in [1.807, 2.05) is 25.1 Å². The van der Waals surface area contributed by atoms with Crippen molar-refractivity contribution >= 4 is 35.8 Å². The van der Waals surface area contributed by atoms with E-state index >= 15 is 0 Å². The monoisotopic (exact) mass is 407 g/mol. The smallest absolute Gasteiger partial charge is 0.508 e. The summed E-state index contributed by atoms with van der Waals surface area (Å²) < 4.78 is 0. The number of aromatic hydroxyl groups is 1. The predicted octanol–water partition coefficient (Wildman–Crippen LogP) is 5.66. The summed E-state index contributed by atoms with van der Waals surface area (Å²) in [5.74, 6) is 0.361. The van der Waals surface area contributed by atoms with Crippen LogP contribution in [-0.2, 0) is 27.1 Å². The van der Waals surface area contributed by atoms with E-state index in [1.54, 1.807) is 6.07 Å². The number of aryl methyl sites for hydroxylation is 1. The molecule has 0 saturated carbocycles. The van der Waals surface area contributed by atoms with Crippen LogP contribution < -0.4 is 0 Å². The summed E-state index contributed by atoms with van der Waals surface area (Å²) in [5.41, 5.74) is 2.41. The SMILES string of the molecule is Cc1cc(O)cc(C(C)(C)C)c1.Cl.Cl.[C-]1=CC=CC1.[CH3-].[CH3-].[Si].[Ti+3]. The van der Waals surface area contributed by atoms with Crippen molar-refractivity contribution in [2.75, 3.05) is 0 Å². The van der Waals surface area contributed by atoms with Gasteiger partial charge in [-0.05, 0) is 35.6 Å². The van der Waals surface area contributed by atoms with Gasteiger partial charge >= 0.3 is 21.7 Å². The van der Waals surface area contributed by atoms with Gasteiger partial charge in [0.25, 0.3) is 0 Å². The molecule has 0 heterocycles. The molecule has 1 aromatic rings. The first-order valence-corrected chi connectivity index (χ1v) is 5.92. The van der Waals surface area contributed by atoms with E-state index in [9.17, 15) is 5.11 Å². The van der Waals surface area contributed by atoms with E-state index in [-0.39, 0.29) is 77.8 Å². The molecule has 1 nitrogen and oxygen atoms in total. The molecular formula is C18H29Cl2OSiTi. The molecule has 1 aromatic carbocycles. The van der Waals surface area contributed by atoms with Crippen LogP contribution in [-0.4, -0.2) is 16.1 Å². The molecule has 5 radical (unpaired) electrons. The summed E-state index contributed by atoms with van der Waals surface area (Å²) in [5, 5.41) is 9.36. The Morgan fingerprint density at radius 1 is 1.04 bits per heavy atom. The predicted molar refractivity (Wildman–Crippen MR) is 106 cm³/mol. The average Bonchev–Trinajstić information content (AvgIpc) is 2.72. The number of halogens is 2. The maximum Gasteiger partial charge on any atom is 3.00 e. The molecule has 23 heavy (non-hydrogen) atoms. The number of hydrogen-bond donors (Lipinski definition) is 1. The van der Waals surface area contributed by atoms with Crippen LogP contribution in [0.5, 0.6) is 5.75 Å². The maximum atomic E-state index is 9.36. The zero-order chi connectivity index (χ0) is 12.9. The minimum Gasteiger partial charge on any atom is -0.508 e. The summed E-state index contributed by atoms with van der Waals surface area (Å²) in [6, 6.07) is 5.71. The second-order valence-corrected chi connectivity index (χ2v) is 5.31. The minimum atomic E-state index is 0. The fourth-order valence-corrected chi connectivity index (χ4v) is 1.54. The number of rotatable bonds is 0. The van der Waals surface area contributed by atoms with Crippen LogP contribution in [0.1, 0.15) is 38.3 Å². The molecule has 0 aromatic heterocycles. The largest absolute Gasteiger partial charge is 3.00 e. The Balaban J connectivity index is -0.0000000582. The summed E-state index contributed by atoms with van der Waals surface area (Å²) in [6.07, 6.45) is 10.0. The van der Waals surface area contributed by atoms with Gasteiger partial charge < -0.3 is 20.0 Å². The molecule has 5 heteroatoms. The maximum absolute atomic E-state index is 9.36. The van der Waals surface area contributed by atoms with Crippen LogP contribution >= 0.6 is 24.8 Å². The van der Waals surface area contributed by atoms with Crippen molar-refractivity contribution in [2.45, 2.75) is 39.5 Å². The van der Waals surface area contributed by atoms with Crippen molar-refractivity contribution in [3.8, 4) is 5.75 Å². The molecule has 0 amide bonds. The van der Waals surface area contributed by atoms with Gasteiger partial charge in [0.05, 0.1) is 0 Å². The molecule has 1 aliphatic rings. The van der Waals surface area contributed by atoms with E-state index < -0.39 is 0 Å². The Labute approximate surface area is 175 Å². The Morgan fingerprint density at radius 2 is 1.57 bits per heavy atom. The topological polar surface area (TPSA) is 20.2 Å². The van der Waals surface area contributed by atoms with Crippen molar-refractivity contribution in [3.05, 3.63) is 68.5 Å². The van der Waals surface area contributed by atoms with Gasteiger partial charge in [0.1, 0.15) is 5.75 Å². The Hall–Kier alpha value is 0.0112.